The average Bonchev–Trinajstić information content (AvgIpc) is 3.49. The monoisotopic (exact) mass is 515 g/mol. The van der Waals surface area contributed by atoms with Gasteiger partial charge in [0.05, 0.1) is 32.6 Å². The van der Waals surface area contributed by atoms with Gasteiger partial charge in [-0.05, 0) is 66.1 Å². The number of hydrogen-bond donors (Lipinski definition) is 1. The molecule has 1 aliphatic heterocycles. The van der Waals surface area contributed by atoms with E-state index in [4.69, 9.17) is 14.2 Å². The van der Waals surface area contributed by atoms with Gasteiger partial charge in [0.15, 0.2) is 11.5 Å². The van der Waals surface area contributed by atoms with E-state index in [1.54, 1.807) is 31.3 Å². The van der Waals surface area contributed by atoms with Crippen molar-refractivity contribution in [3.63, 3.8) is 0 Å². The molecule has 8 heteroatoms. The van der Waals surface area contributed by atoms with E-state index in [0.717, 1.165) is 40.8 Å². The van der Waals surface area contributed by atoms with Crippen molar-refractivity contribution in [3.05, 3.63) is 94.9 Å². The molecule has 3 aromatic carbocycles. The predicted molar refractivity (Wildman–Crippen MR) is 142 cm³/mol. The smallest absolute Gasteiger partial charge is 0.273 e. The first-order valence-corrected chi connectivity index (χ1v) is 12.6. The maximum atomic E-state index is 13.7. The van der Waals surface area contributed by atoms with Gasteiger partial charge in [0.2, 0.25) is 0 Å². The molecule has 0 radical (unpaired) electrons. The zero-order valence-corrected chi connectivity index (χ0v) is 21.7. The Hall–Kier alpha value is -4.33. The minimum Gasteiger partial charge on any atom is -0.497 e. The third kappa shape index (κ3) is 4.81. The van der Waals surface area contributed by atoms with Crippen LogP contribution < -0.4 is 14.2 Å². The lowest BCUT2D eigenvalue weighted by atomic mass is 9.95. The quantitative estimate of drug-likeness (QED) is 0.256. The molecule has 5 rings (SSSR count). The second kappa shape index (κ2) is 11.0. The first kappa shape index (κ1) is 25.3. The highest BCUT2D eigenvalue weighted by Gasteiger charge is 2.42. The van der Waals surface area contributed by atoms with Gasteiger partial charge >= 0.3 is 0 Å². The molecule has 1 amide bonds. The number of unbranched alkanes of at least 4 members (excludes halogenated alkanes) is 1. The van der Waals surface area contributed by atoms with Crippen LogP contribution in [0.25, 0.3) is 11.3 Å². The maximum Gasteiger partial charge on any atom is 0.273 e. The van der Waals surface area contributed by atoms with Gasteiger partial charge in [-0.25, -0.2) is 4.39 Å². The number of ether oxygens (including phenoxy) is 3. The Morgan fingerprint density at radius 2 is 1.74 bits per heavy atom. The lowest BCUT2D eigenvalue weighted by Gasteiger charge is -2.27. The Kier molecular flexibility index (Phi) is 7.31. The molecule has 0 saturated heterocycles. The van der Waals surface area contributed by atoms with Crippen molar-refractivity contribution < 1.29 is 23.4 Å². The molecule has 0 aliphatic carbocycles. The fourth-order valence-electron chi connectivity index (χ4n) is 4.76. The number of aromatic nitrogens is 2. The summed E-state index contributed by atoms with van der Waals surface area (Å²) < 4.78 is 30.5. The van der Waals surface area contributed by atoms with Crippen LogP contribution in [0.5, 0.6) is 17.2 Å². The van der Waals surface area contributed by atoms with E-state index < -0.39 is 6.04 Å². The number of aromatic amines is 1. The average molecular weight is 516 g/mol. The largest absolute Gasteiger partial charge is 0.497 e. The Morgan fingerprint density at radius 3 is 2.42 bits per heavy atom. The Bertz CT molecular complexity index is 1420. The van der Waals surface area contributed by atoms with Crippen LogP contribution in [0, 0.1) is 5.82 Å². The van der Waals surface area contributed by atoms with Gasteiger partial charge in [0.1, 0.15) is 17.3 Å². The zero-order chi connectivity index (χ0) is 26.6. The molecule has 0 fully saturated rings. The number of halogens is 1. The summed E-state index contributed by atoms with van der Waals surface area (Å²) in [5.74, 6) is 1.48. The molecule has 1 unspecified atom stereocenters. The van der Waals surface area contributed by atoms with E-state index in [9.17, 15) is 9.18 Å². The summed E-state index contributed by atoms with van der Waals surface area (Å²) in [5.41, 5.74) is 4.44. The summed E-state index contributed by atoms with van der Waals surface area (Å²) in [4.78, 5) is 15.5. The summed E-state index contributed by atoms with van der Waals surface area (Å²) in [7, 11) is 3.22. The van der Waals surface area contributed by atoms with Crippen LogP contribution in [0.15, 0.2) is 66.7 Å². The molecule has 1 aromatic heterocycles. The Labute approximate surface area is 221 Å². The van der Waals surface area contributed by atoms with Crippen LogP contribution in [0.2, 0.25) is 0 Å². The molecule has 1 N–H and O–H groups in total. The molecular formula is C30H30FN3O4. The van der Waals surface area contributed by atoms with E-state index in [-0.39, 0.29) is 11.7 Å². The third-order valence-corrected chi connectivity index (χ3v) is 6.75. The summed E-state index contributed by atoms with van der Waals surface area (Å²) in [6.45, 7) is 3.00. The normalized spacial score (nSPS) is 14.5. The number of fused-ring (bicyclic) bond motifs is 1. The fourth-order valence-corrected chi connectivity index (χ4v) is 4.76. The lowest BCUT2D eigenvalue weighted by molar-refractivity contribution is 0.0730. The van der Waals surface area contributed by atoms with Gasteiger partial charge in [0, 0.05) is 17.7 Å². The standard InChI is InChI=1S/C30H30FN3O4/c1-4-5-16-38-24-15-10-21(17-25(24)37-3)29-26-27(20-8-13-23(36-2)14-9-20)32-33-28(26)30(35)34(29)18-19-6-11-22(31)12-7-19/h6-15,17,29H,4-5,16,18H2,1-3H3,(H,32,33). The van der Waals surface area contributed by atoms with Crippen LogP contribution in [0.3, 0.4) is 0 Å². The summed E-state index contributed by atoms with van der Waals surface area (Å²) in [6, 6.07) is 19.1. The number of nitrogens with zero attached hydrogens (tertiary/aromatic N) is 2. The van der Waals surface area contributed by atoms with E-state index in [2.05, 4.69) is 17.1 Å². The van der Waals surface area contributed by atoms with E-state index in [0.29, 0.717) is 36.0 Å². The number of H-pyrrole nitrogens is 1. The van der Waals surface area contributed by atoms with Crippen LogP contribution in [-0.2, 0) is 6.54 Å². The second-order valence-corrected chi connectivity index (χ2v) is 9.16. The van der Waals surface area contributed by atoms with Crippen LogP contribution >= 0.6 is 0 Å². The van der Waals surface area contributed by atoms with Crippen molar-refractivity contribution in [2.75, 3.05) is 20.8 Å². The number of hydrogen-bond acceptors (Lipinski definition) is 5. The van der Waals surface area contributed by atoms with E-state index in [1.807, 2.05) is 42.5 Å². The van der Waals surface area contributed by atoms with Crippen molar-refractivity contribution in [2.24, 2.45) is 0 Å². The van der Waals surface area contributed by atoms with Crippen LogP contribution in [0.1, 0.15) is 53.0 Å². The maximum absolute atomic E-state index is 13.7. The molecule has 38 heavy (non-hydrogen) atoms. The molecule has 1 aliphatic rings. The first-order valence-electron chi connectivity index (χ1n) is 12.6. The van der Waals surface area contributed by atoms with Crippen LogP contribution in [0.4, 0.5) is 4.39 Å². The summed E-state index contributed by atoms with van der Waals surface area (Å²) in [6.07, 6.45) is 1.97. The number of nitrogens with one attached hydrogen (secondary N) is 1. The highest BCUT2D eigenvalue weighted by Crippen LogP contribution is 2.45. The molecule has 1 atom stereocenters. The molecule has 196 valence electrons. The molecule has 0 spiro atoms. The number of rotatable bonds is 10. The van der Waals surface area contributed by atoms with Gasteiger partial charge in [-0.1, -0.05) is 31.5 Å². The van der Waals surface area contributed by atoms with Crippen molar-refractivity contribution in [3.8, 4) is 28.5 Å². The van der Waals surface area contributed by atoms with Crippen LogP contribution in [-0.4, -0.2) is 41.8 Å². The van der Waals surface area contributed by atoms with Gasteiger partial charge in [-0.15, -0.1) is 0 Å². The van der Waals surface area contributed by atoms with E-state index in [1.165, 1.54) is 12.1 Å². The number of carbonyl (C=O) groups is 1. The van der Waals surface area contributed by atoms with Crippen molar-refractivity contribution >= 4 is 5.91 Å². The first-order chi connectivity index (χ1) is 18.5. The summed E-state index contributed by atoms with van der Waals surface area (Å²) in [5, 5.41) is 7.51. The van der Waals surface area contributed by atoms with Crippen molar-refractivity contribution in [1.82, 2.24) is 15.1 Å². The van der Waals surface area contributed by atoms with Gasteiger partial charge in [-0.3, -0.25) is 9.89 Å². The third-order valence-electron chi connectivity index (χ3n) is 6.75. The molecule has 4 aromatic rings. The lowest BCUT2D eigenvalue weighted by Crippen LogP contribution is -2.29. The number of carbonyl (C=O) groups excluding carboxylic acids is 1. The van der Waals surface area contributed by atoms with E-state index >= 15 is 0 Å². The SMILES string of the molecule is CCCCOc1ccc(C2c3c(-c4ccc(OC)cc4)n[nH]c3C(=O)N2Cc2ccc(F)cc2)cc1OC. The molecular weight excluding hydrogens is 485 g/mol. The number of amides is 1. The fraction of sp³-hybridized carbons (Fsp3) is 0.267. The predicted octanol–water partition coefficient (Wildman–Crippen LogP) is 6.16. The minimum absolute atomic E-state index is 0.177. The topological polar surface area (TPSA) is 76.7 Å². The Balaban J connectivity index is 1.59. The van der Waals surface area contributed by atoms with Gasteiger partial charge < -0.3 is 19.1 Å². The number of methoxy groups -OCH3 is 2. The molecule has 0 bridgehead atoms. The molecule has 0 saturated carbocycles. The van der Waals surface area contributed by atoms with Crippen molar-refractivity contribution in [1.29, 1.82) is 0 Å². The van der Waals surface area contributed by atoms with Crippen molar-refractivity contribution in [2.45, 2.75) is 32.4 Å². The highest BCUT2D eigenvalue weighted by atomic mass is 19.1. The highest BCUT2D eigenvalue weighted by molar-refractivity contribution is 6.00. The molecule has 7 nitrogen and oxygen atoms in total. The molecule has 2 heterocycles. The Morgan fingerprint density at radius 1 is 0.974 bits per heavy atom. The van der Waals surface area contributed by atoms with Gasteiger partial charge in [-0.2, -0.15) is 5.10 Å². The minimum atomic E-state index is -0.447. The summed E-state index contributed by atoms with van der Waals surface area (Å²) >= 11 is 0. The number of benzene rings is 3. The zero-order valence-electron chi connectivity index (χ0n) is 21.7. The van der Waals surface area contributed by atoms with Gasteiger partial charge in [0.25, 0.3) is 5.91 Å². The second-order valence-electron chi connectivity index (χ2n) is 9.16.